The summed E-state index contributed by atoms with van der Waals surface area (Å²) >= 11 is 1.53. The largest absolute Gasteiger partial charge is 0.302 e. The van der Waals surface area contributed by atoms with Crippen LogP contribution in [0.5, 0.6) is 0 Å². The molecular weight excluding hydrogens is 242 g/mol. The molecule has 2 fully saturated rings. The predicted molar refractivity (Wildman–Crippen MR) is 75.9 cm³/mol. The normalized spacial score (nSPS) is 24.3. The van der Waals surface area contributed by atoms with Crippen molar-refractivity contribution >= 4 is 16.9 Å². The Balaban J connectivity index is 1.49. The first kappa shape index (κ1) is 12.2. The van der Waals surface area contributed by atoms with E-state index in [0.29, 0.717) is 5.25 Å². The number of thioether (sulfide) groups is 1. The van der Waals surface area contributed by atoms with Crippen LogP contribution in [0.3, 0.4) is 0 Å². The predicted octanol–water partition coefficient (Wildman–Crippen LogP) is 3.04. The molecule has 0 bridgehead atoms. The van der Waals surface area contributed by atoms with Gasteiger partial charge in [-0.2, -0.15) is 0 Å². The van der Waals surface area contributed by atoms with Crippen LogP contribution in [0, 0.1) is 5.92 Å². The van der Waals surface area contributed by atoms with E-state index in [2.05, 4.69) is 4.90 Å². The highest BCUT2D eigenvalue weighted by molar-refractivity contribution is 8.14. The third-order valence-electron chi connectivity index (χ3n) is 3.73. The van der Waals surface area contributed by atoms with Gasteiger partial charge in [-0.05, 0) is 31.7 Å². The van der Waals surface area contributed by atoms with Gasteiger partial charge in [0.1, 0.15) is 0 Å². The SMILES string of the molecule is O=C(S[C@H]1CCN(CC2CC2)C1)c1ccccc1. The first-order valence-corrected chi connectivity index (χ1v) is 7.67. The van der Waals surface area contributed by atoms with Gasteiger partial charge in [-0.1, -0.05) is 42.1 Å². The molecule has 0 spiro atoms. The van der Waals surface area contributed by atoms with Gasteiger partial charge in [-0.25, -0.2) is 0 Å². The van der Waals surface area contributed by atoms with Gasteiger partial charge in [0, 0.05) is 23.9 Å². The lowest BCUT2D eigenvalue weighted by molar-refractivity contribution is 0.108. The third-order valence-corrected chi connectivity index (χ3v) is 4.89. The van der Waals surface area contributed by atoms with E-state index < -0.39 is 0 Å². The van der Waals surface area contributed by atoms with E-state index in [9.17, 15) is 4.79 Å². The average Bonchev–Trinajstić information content (AvgIpc) is 3.10. The molecule has 1 aliphatic carbocycles. The molecule has 0 aromatic heterocycles. The molecule has 1 atom stereocenters. The summed E-state index contributed by atoms with van der Waals surface area (Å²) in [5.74, 6) is 0.957. The Labute approximate surface area is 113 Å². The summed E-state index contributed by atoms with van der Waals surface area (Å²) in [6, 6.07) is 9.64. The minimum atomic E-state index is 0.230. The van der Waals surface area contributed by atoms with Crippen molar-refractivity contribution in [3.63, 3.8) is 0 Å². The average molecular weight is 261 g/mol. The molecule has 1 aromatic carbocycles. The van der Waals surface area contributed by atoms with Crippen molar-refractivity contribution in [3.8, 4) is 0 Å². The van der Waals surface area contributed by atoms with Gasteiger partial charge < -0.3 is 4.90 Å². The summed E-state index contributed by atoms with van der Waals surface area (Å²) in [4.78, 5) is 14.6. The van der Waals surface area contributed by atoms with E-state index in [-0.39, 0.29) is 5.12 Å². The van der Waals surface area contributed by atoms with E-state index in [1.807, 2.05) is 30.3 Å². The lowest BCUT2D eigenvalue weighted by atomic mass is 10.2. The fraction of sp³-hybridized carbons (Fsp3) is 0.533. The number of rotatable bonds is 4. The maximum absolute atomic E-state index is 12.1. The molecule has 0 unspecified atom stereocenters. The van der Waals surface area contributed by atoms with Crippen LogP contribution in [0.1, 0.15) is 29.6 Å². The van der Waals surface area contributed by atoms with Gasteiger partial charge in [0.25, 0.3) is 0 Å². The van der Waals surface area contributed by atoms with Crippen LogP contribution < -0.4 is 0 Å². The lowest BCUT2D eigenvalue weighted by Crippen LogP contribution is -2.24. The van der Waals surface area contributed by atoms with Crippen molar-refractivity contribution in [2.45, 2.75) is 24.5 Å². The molecule has 3 heteroatoms. The topological polar surface area (TPSA) is 20.3 Å². The van der Waals surface area contributed by atoms with Crippen molar-refractivity contribution < 1.29 is 4.79 Å². The quantitative estimate of drug-likeness (QED) is 0.831. The first-order valence-electron chi connectivity index (χ1n) is 6.79. The molecule has 3 rings (SSSR count). The molecule has 1 heterocycles. The van der Waals surface area contributed by atoms with Crippen LogP contribution in [0.25, 0.3) is 0 Å². The number of likely N-dealkylation sites (tertiary alicyclic amines) is 1. The molecule has 18 heavy (non-hydrogen) atoms. The second-order valence-electron chi connectivity index (χ2n) is 5.38. The summed E-state index contributed by atoms with van der Waals surface area (Å²) in [7, 11) is 0. The number of hydrogen-bond acceptors (Lipinski definition) is 3. The van der Waals surface area contributed by atoms with Crippen LogP contribution in [0.4, 0.5) is 0 Å². The Bertz CT molecular complexity index is 416. The smallest absolute Gasteiger partial charge is 0.219 e. The highest BCUT2D eigenvalue weighted by Gasteiger charge is 2.30. The van der Waals surface area contributed by atoms with Crippen LogP contribution in [0.2, 0.25) is 0 Å². The Hall–Kier alpha value is -0.800. The Morgan fingerprint density at radius 1 is 1.22 bits per heavy atom. The zero-order chi connectivity index (χ0) is 12.4. The molecule has 1 aromatic rings. The number of benzene rings is 1. The Kier molecular flexibility index (Phi) is 3.71. The lowest BCUT2D eigenvalue weighted by Gasteiger charge is -2.14. The summed E-state index contributed by atoms with van der Waals surface area (Å²) in [6.45, 7) is 3.53. The minimum absolute atomic E-state index is 0.230. The van der Waals surface area contributed by atoms with Gasteiger partial charge in [0.05, 0.1) is 0 Å². The highest BCUT2D eigenvalue weighted by Crippen LogP contribution is 2.33. The molecular formula is C15H19NOS. The molecule has 0 N–H and O–H groups in total. The van der Waals surface area contributed by atoms with Crippen LogP contribution in [0.15, 0.2) is 30.3 Å². The number of carbonyl (C=O) groups excluding carboxylic acids is 1. The minimum Gasteiger partial charge on any atom is -0.302 e. The fourth-order valence-corrected chi connectivity index (χ4v) is 3.60. The zero-order valence-corrected chi connectivity index (χ0v) is 11.4. The fourth-order valence-electron chi connectivity index (χ4n) is 2.52. The maximum atomic E-state index is 12.1. The second kappa shape index (κ2) is 5.45. The summed E-state index contributed by atoms with van der Waals surface area (Å²) in [5.41, 5.74) is 0.836. The Morgan fingerprint density at radius 3 is 2.72 bits per heavy atom. The van der Waals surface area contributed by atoms with Crippen molar-refractivity contribution in [2.75, 3.05) is 19.6 Å². The molecule has 1 saturated heterocycles. The molecule has 96 valence electrons. The second-order valence-corrected chi connectivity index (χ2v) is 6.66. The van der Waals surface area contributed by atoms with E-state index in [0.717, 1.165) is 24.4 Å². The van der Waals surface area contributed by atoms with E-state index in [1.165, 1.54) is 37.7 Å². The van der Waals surface area contributed by atoms with Gasteiger partial charge in [0.2, 0.25) is 5.12 Å². The van der Waals surface area contributed by atoms with Gasteiger partial charge in [0.15, 0.2) is 0 Å². The standard InChI is InChI=1S/C15H19NOS/c17-15(13-4-2-1-3-5-13)18-14-8-9-16(11-14)10-12-6-7-12/h1-5,12,14H,6-11H2/t14-/m0/s1. The van der Waals surface area contributed by atoms with E-state index >= 15 is 0 Å². The number of carbonyl (C=O) groups is 1. The summed E-state index contributed by atoms with van der Waals surface area (Å²) in [5, 5.41) is 0.727. The Morgan fingerprint density at radius 2 is 2.00 bits per heavy atom. The van der Waals surface area contributed by atoms with E-state index in [1.54, 1.807) is 0 Å². The van der Waals surface area contributed by atoms with Gasteiger partial charge in [-0.15, -0.1) is 0 Å². The number of hydrogen-bond donors (Lipinski definition) is 0. The van der Waals surface area contributed by atoms with Crippen molar-refractivity contribution in [1.82, 2.24) is 4.90 Å². The highest BCUT2D eigenvalue weighted by atomic mass is 32.2. The molecule has 1 aliphatic heterocycles. The van der Waals surface area contributed by atoms with E-state index in [4.69, 9.17) is 0 Å². The number of nitrogens with zero attached hydrogens (tertiary/aromatic N) is 1. The van der Waals surface area contributed by atoms with Crippen molar-refractivity contribution in [2.24, 2.45) is 5.92 Å². The van der Waals surface area contributed by atoms with Crippen LogP contribution in [-0.2, 0) is 0 Å². The maximum Gasteiger partial charge on any atom is 0.219 e. The van der Waals surface area contributed by atoms with Crippen LogP contribution in [-0.4, -0.2) is 34.9 Å². The third kappa shape index (κ3) is 3.15. The molecule has 0 radical (unpaired) electrons. The monoisotopic (exact) mass is 261 g/mol. The van der Waals surface area contributed by atoms with Gasteiger partial charge in [-0.3, -0.25) is 4.79 Å². The molecule has 2 aliphatic rings. The molecule has 2 nitrogen and oxygen atoms in total. The summed E-state index contributed by atoms with van der Waals surface area (Å²) in [6.07, 6.45) is 3.99. The van der Waals surface area contributed by atoms with Gasteiger partial charge >= 0.3 is 0 Å². The molecule has 1 saturated carbocycles. The first-order chi connectivity index (χ1) is 8.81. The van der Waals surface area contributed by atoms with Crippen molar-refractivity contribution in [3.05, 3.63) is 35.9 Å². The van der Waals surface area contributed by atoms with Crippen LogP contribution >= 0.6 is 11.8 Å². The zero-order valence-electron chi connectivity index (χ0n) is 10.5. The molecule has 0 amide bonds. The summed E-state index contributed by atoms with van der Waals surface area (Å²) < 4.78 is 0. The van der Waals surface area contributed by atoms with Crippen molar-refractivity contribution in [1.29, 1.82) is 0 Å².